The van der Waals surface area contributed by atoms with Crippen molar-refractivity contribution >= 4 is 28.9 Å². The molecule has 2 aromatic rings. The molecule has 0 saturated heterocycles. The Bertz CT molecular complexity index is 777. The quantitative estimate of drug-likeness (QED) is 0.369. The highest BCUT2D eigenvalue weighted by molar-refractivity contribution is 6.31. The Hall–Kier alpha value is -3.00. The summed E-state index contributed by atoms with van der Waals surface area (Å²) in [4.78, 5) is 32.3. The van der Waals surface area contributed by atoms with Crippen LogP contribution in [0.4, 0.5) is 11.4 Å². The van der Waals surface area contributed by atoms with Gasteiger partial charge in [-0.25, -0.2) is 4.79 Å². The lowest BCUT2D eigenvalue weighted by Gasteiger charge is -2.05. The van der Waals surface area contributed by atoms with Crippen LogP contribution in [-0.4, -0.2) is 15.8 Å². The molecule has 0 amide bonds. The molecule has 0 unspecified atom stereocenters. The van der Waals surface area contributed by atoms with Gasteiger partial charge in [-0.2, -0.15) is 0 Å². The molecule has 0 aliphatic rings. The Morgan fingerprint density at radius 1 is 1.00 bits per heavy atom. The van der Waals surface area contributed by atoms with Crippen molar-refractivity contribution in [1.29, 1.82) is 0 Å². The van der Waals surface area contributed by atoms with Crippen molar-refractivity contribution < 1.29 is 19.4 Å². The second kappa shape index (κ2) is 6.19. The van der Waals surface area contributed by atoms with E-state index in [1.807, 2.05) is 0 Å². The molecule has 0 saturated carbocycles. The monoisotopic (exact) mass is 322 g/mol. The van der Waals surface area contributed by atoms with E-state index < -0.39 is 27.2 Å². The van der Waals surface area contributed by atoms with Crippen LogP contribution < -0.4 is 4.74 Å². The molecule has 8 nitrogen and oxygen atoms in total. The van der Waals surface area contributed by atoms with Gasteiger partial charge >= 0.3 is 11.7 Å². The second-order valence-electron chi connectivity index (χ2n) is 4.03. The third-order valence-corrected chi connectivity index (χ3v) is 2.88. The van der Waals surface area contributed by atoms with E-state index in [1.54, 1.807) is 0 Å². The summed E-state index contributed by atoms with van der Waals surface area (Å²) in [5, 5.41) is 21.9. The van der Waals surface area contributed by atoms with Gasteiger partial charge in [-0.15, -0.1) is 0 Å². The molecule has 22 heavy (non-hydrogen) atoms. The first-order chi connectivity index (χ1) is 10.4. The number of nitrogens with zero attached hydrogens (tertiary/aromatic N) is 2. The number of ether oxygens (including phenoxy) is 1. The fourth-order valence-corrected chi connectivity index (χ4v) is 1.84. The van der Waals surface area contributed by atoms with Gasteiger partial charge in [0.15, 0.2) is 0 Å². The lowest BCUT2D eigenvalue weighted by molar-refractivity contribution is -0.386. The third-order valence-electron chi connectivity index (χ3n) is 2.64. The number of hydrogen-bond donors (Lipinski definition) is 0. The van der Waals surface area contributed by atoms with E-state index in [2.05, 4.69) is 0 Å². The summed E-state index contributed by atoms with van der Waals surface area (Å²) >= 11 is 5.65. The van der Waals surface area contributed by atoms with Crippen molar-refractivity contribution in [2.24, 2.45) is 0 Å². The molecule has 0 bridgehead atoms. The molecule has 0 aliphatic heterocycles. The van der Waals surface area contributed by atoms with Gasteiger partial charge in [-0.05, 0) is 18.2 Å². The van der Waals surface area contributed by atoms with E-state index in [0.29, 0.717) is 0 Å². The molecule has 0 heterocycles. The van der Waals surface area contributed by atoms with Gasteiger partial charge in [0.2, 0.25) is 5.75 Å². The van der Waals surface area contributed by atoms with Crippen LogP contribution in [0.15, 0.2) is 42.5 Å². The minimum atomic E-state index is -1.09. The van der Waals surface area contributed by atoms with Crippen molar-refractivity contribution in [2.75, 3.05) is 0 Å². The lowest BCUT2D eigenvalue weighted by Crippen LogP contribution is -2.12. The van der Waals surface area contributed by atoms with Crippen molar-refractivity contribution in [2.45, 2.75) is 0 Å². The van der Waals surface area contributed by atoms with Crippen LogP contribution in [0.5, 0.6) is 5.75 Å². The maximum Gasteiger partial charge on any atom is 0.350 e. The number of benzene rings is 2. The summed E-state index contributed by atoms with van der Waals surface area (Å²) in [7, 11) is 0. The van der Waals surface area contributed by atoms with Crippen LogP contribution in [0, 0.1) is 20.2 Å². The minimum absolute atomic E-state index is 0.0777. The molecule has 0 aliphatic carbocycles. The van der Waals surface area contributed by atoms with Crippen LogP contribution in [-0.2, 0) is 0 Å². The molecule has 0 N–H and O–H groups in total. The first-order valence-electron chi connectivity index (χ1n) is 5.79. The van der Waals surface area contributed by atoms with Gasteiger partial charge < -0.3 is 4.74 Å². The van der Waals surface area contributed by atoms with Crippen molar-refractivity contribution in [3.63, 3.8) is 0 Å². The van der Waals surface area contributed by atoms with Gasteiger partial charge in [0.05, 0.1) is 9.85 Å². The smallest absolute Gasteiger partial charge is 0.350 e. The normalized spacial score (nSPS) is 10.0. The number of halogens is 1. The number of carbonyl (C=O) groups is 1. The first-order valence-corrected chi connectivity index (χ1v) is 6.17. The van der Waals surface area contributed by atoms with Gasteiger partial charge in [-0.1, -0.05) is 23.7 Å². The average Bonchev–Trinajstić information content (AvgIpc) is 2.47. The van der Waals surface area contributed by atoms with E-state index in [0.717, 1.165) is 18.2 Å². The maximum atomic E-state index is 12.0. The van der Waals surface area contributed by atoms with Crippen molar-refractivity contribution in [1.82, 2.24) is 0 Å². The van der Waals surface area contributed by atoms with Gasteiger partial charge in [0.1, 0.15) is 5.56 Å². The van der Waals surface area contributed by atoms with Crippen molar-refractivity contribution in [3.05, 3.63) is 73.3 Å². The topological polar surface area (TPSA) is 113 Å². The van der Waals surface area contributed by atoms with Gasteiger partial charge in [0, 0.05) is 17.2 Å². The SMILES string of the molecule is O=C(Oc1ccccc1[N+](=O)[O-])c1ccc(Cl)cc1[N+](=O)[O-]. The van der Waals surface area contributed by atoms with E-state index in [-0.39, 0.29) is 16.3 Å². The number of nitro benzene ring substituents is 2. The molecule has 0 spiro atoms. The van der Waals surface area contributed by atoms with Crippen LogP contribution in [0.1, 0.15) is 10.4 Å². The highest BCUT2D eigenvalue weighted by Gasteiger charge is 2.25. The Morgan fingerprint density at radius 3 is 2.27 bits per heavy atom. The lowest BCUT2D eigenvalue weighted by atomic mass is 10.2. The van der Waals surface area contributed by atoms with E-state index in [1.165, 1.54) is 24.3 Å². The highest BCUT2D eigenvalue weighted by atomic mass is 35.5. The maximum absolute atomic E-state index is 12.0. The fraction of sp³-hybridized carbons (Fsp3) is 0. The molecule has 0 fully saturated rings. The van der Waals surface area contributed by atoms with Gasteiger partial charge in [-0.3, -0.25) is 20.2 Å². The zero-order chi connectivity index (χ0) is 16.3. The van der Waals surface area contributed by atoms with E-state index >= 15 is 0 Å². The molecule has 2 rings (SSSR count). The molecule has 0 radical (unpaired) electrons. The predicted octanol–water partition coefficient (Wildman–Crippen LogP) is 3.38. The zero-order valence-corrected chi connectivity index (χ0v) is 11.5. The molecule has 0 aromatic heterocycles. The first kappa shape index (κ1) is 15.4. The number of nitro groups is 2. The van der Waals surface area contributed by atoms with E-state index in [4.69, 9.17) is 16.3 Å². The summed E-state index contributed by atoms with van der Waals surface area (Å²) in [5.41, 5.74) is -1.32. The summed E-state index contributed by atoms with van der Waals surface area (Å²) in [6.07, 6.45) is 0. The number of hydrogen-bond acceptors (Lipinski definition) is 6. The molecule has 9 heteroatoms. The predicted molar refractivity (Wildman–Crippen MR) is 76.2 cm³/mol. The Morgan fingerprint density at radius 2 is 1.64 bits per heavy atom. The summed E-state index contributed by atoms with van der Waals surface area (Å²) in [6, 6.07) is 8.61. The number of esters is 1. The zero-order valence-electron chi connectivity index (χ0n) is 10.8. The Balaban J connectivity index is 2.39. The standard InChI is InChI=1S/C13H7ClN2O6/c14-8-5-6-9(11(7-8)16(20)21)13(17)22-12-4-2-1-3-10(12)15(18)19/h1-7H. The van der Waals surface area contributed by atoms with Crippen LogP contribution >= 0.6 is 11.6 Å². The fourth-order valence-electron chi connectivity index (χ4n) is 1.68. The third kappa shape index (κ3) is 3.18. The molecule has 2 aromatic carbocycles. The molecular weight excluding hydrogens is 316 g/mol. The van der Waals surface area contributed by atoms with Crippen molar-refractivity contribution in [3.8, 4) is 5.75 Å². The molecule has 0 atom stereocenters. The van der Waals surface area contributed by atoms with Crippen LogP contribution in [0.3, 0.4) is 0 Å². The summed E-state index contributed by atoms with van der Waals surface area (Å²) < 4.78 is 4.90. The van der Waals surface area contributed by atoms with E-state index in [9.17, 15) is 25.0 Å². The van der Waals surface area contributed by atoms with Gasteiger partial charge in [0.25, 0.3) is 5.69 Å². The second-order valence-corrected chi connectivity index (χ2v) is 4.47. The summed E-state index contributed by atoms with van der Waals surface area (Å²) in [6.45, 7) is 0. The average molecular weight is 323 g/mol. The van der Waals surface area contributed by atoms with Crippen LogP contribution in [0.25, 0.3) is 0 Å². The highest BCUT2D eigenvalue weighted by Crippen LogP contribution is 2.29. The summed E-state index contributed by atoms with van der Waals surface area (Å²) in [5.74, 6) is -1.39. The van der Waals surface area contributed by atoms with Crippen LogP contribution in [0.2, 0.25) is 5.02 Å². The Kier molecular flexibility index (Phi) is 4.33. The Labute approximate surface area is 128 Å². The molecular formula is C13H7ClN2O6. The number of carbonyl (C=O) groups excluding carboxylic acids is 1. The minimum Gasteiger partial charge on any atom is -0.415 e. The number of para-hydroxylation sites is 2. The number of rotatable bonds is 4. The largest absolute Gasteiger partial charge is 0.415 e. The molecule has 112 valence electrons.